The maximum absolute atomic E-state index is 13.5. The maximum atomic E-state index is 13.5. The number of amidine groups is 1. The minimum Gasteiger partial charge on any atom is -0.355 e. The molecule has 0 aliphatic carbocycles. The molecule has 2 N–H and O–H groups in total. The molecule has 1 aromatic rings. The molecule has 0 saturated carbocycles. The lowest BCUT2D eigenvalue weighted by Crippen LogP contribution is -2.57. The molecular formula is C26H35F6N5O2. The average Bonchev–Trinajstić information content (AvgIpc) is 3.08. The van der Waals surface area contributed by atoms with Crippen LogP contribution in [0, 0.1) is 0 Å². The lowest BCUT2D eigenvalue weighted by molar-refractivity contribution is -0.143. The van der Waals surface area contributed by atoms with E-state index in [9.17, 15) is 35.9 Å². The van der Waals surface area contributed by atoms with Crippen LogP contribution in [0.15, 0.2) is 23.2 Å². The molecule has 13 heteroatoms. The third kappa shape index (κ3) is 7.43. The van der Waals surface area contributed by atoms with Crippen LogP contribution in [0.1, 0.15) is 62.6 Å². The number of likely N-dealkylation sites (N-methyl/N-ethyl adjacent to an activating group) is 2. The number of carbonyl (C=O) groups excluding carboxylic acids is 2. The quantitative estimate of drug-likeness (QED) is 0.445. The number of aliphatic imine (C=N–C) groups is 1. The minimum atomic E-state index is -4.99. The Bertz CT molecular complexity index is 1040. The van der Waals surface area contributed by atoms with Crippen LogP contribution in [0.4, 0.5) is 26.3 Å². The number of unbranched alkanes of at least 4 members (excludes halogenated alkanes) is 1. The number of hydrogen-bond donors (Lipinski definition) is 2. The molecule has 2 amide bonds. The third-order valence-electron chi connectivity index (χ3n) is 7.02. The van der Waals surface area contributed by atoms with Crippen LogP contribution in [-0.4, -0.2) is 78.8 Å². The van der Waals surface area contributed by atoms with Crippen molar-refractivity contribution in [1.29, 1.82) is 0 Å². The molecule has 7 nitrogen and oxygen atoms in total. The van der Waals surface area contributed by atoms with E-state index in [4.69, 9.17) is 0 Å². The van der Waals surface area contributed by atoms with Gasteiger partial charge < -0.3 is 20.4 Å². The van der Waals surface area contributed by atoms with E-state index in [0.29, 0.717) is 57.6 Å². The summed E-state index contributed by atoms with van der Waals surface area (Å²) >= 11 is 0. The van der Waals surface area contributed by atoms with Gasteiger partial charge in [-0.3, -0.25) is 14.6 Å². The molecule has 0 spiro atoms. The summed E-state index contributed by atoms with van der Waals surface area (Å²) in [6.07, 6.45) is -7.55. The van der Waals surface area contributed by atoms with Crippen LogP contribution in [0.2, 0.25) is 0 Å². The first kappa shape index (κ1) is 30.7. The second kappa shape index (κ2) is 12.1. The summed E-state index contributed by atoms with van der Waals surface area (Å²) in [5.74, 6) is -0.737. The molecule has 2 heterocycles. The molecule has 0 aromatic heterocycles. The monoisotopic (exact) mass is 563 g/mol. The van der Waals surface area contributed by atoms with Crippen LogP contribution in [0.3, 0.4) is 0 Å². The molecule has 218 valence electrons. The number of alkyl halides is 6. The SMILES string of the molecule is CCCC[C@H](NC(=O)CC12CN=C(c3cc(C(F)(F)F)cc(C(F)(F)F)c3)N1CCCN(C)C2)C(=O)NCC. The van der Waals surface area contributed by atoms with Crippen molar-refractivity contribution in [2.24, 2.45) is 4.99 Å². The highest BCUT2D eigenvalue weighted by atomic mass is 19.4. The van der Waals surface area contributed by atoms with Gasteiger partial charge >= 0.3 is 12.4 Å². The largest absolute Gasteiger partial charge is 0.416 e. The van der Waals surface area contributed by atoms with E-state index in [0.717, 1.165) is 6.42 Å². The van der Waals surface area contributed by atoms with Crippen molar-refractivity contribution in [3.8, 4) is 0 Å². The Kier molecular flexibility index (Phi) is 9.56. The summed E-state index contributed by atoms with van der Waals surface area (Å²) in [5.41, 5.74) is -4.13. The van der Waals surface area contributed by atoms with Crippen molar-refractivity contribution in [3.63, 3.8) is 0 Å². The van der Waals surface area contributed by atoms with Gasteiger partial charge in [0.25, 0.3) is 0 Å². The van der Waals surface area contributed by atoms with E-state index in [1.807, 2.05) is 18.9 Å². The van der Waals surface area contributed by atoms with Gasteiger partial charge in [-0.2, -0.15) is 26.3 Å². The average molecular weight is 564 g/mol. The number of hydrogen-bond acceptors (Lipinski definition) is 5. The van der Waals surface area contributed by atoms with E-state index >= 15 is 0 Å². The highest BCUT2D eigenvalue weighted by Crippen LogP contribution is 2.39. The lowest BCUT2D eigenvalue weighted by Gasteiger charge is -2.40. The fourth-order valence-electron chi connectivity index (χ4n) is 5.23. The van der Waals surface area contributed by atoms with Gasteiger partial charge in [-0.1, -0.05) is 19.8 Å². The highest BCUT2D eigenvalue weighted by molar-refractivity contribution is 6.01. The number of benzene rings is 1. The van der Waals surface area contributed by atoms with Crippen molar-refractivity contribution in [3.05, 3.63) is 34.9 Å². The van der Waals surface area contributed by atoms with Gasteiger partial charge in [0.05, 0.1) is 29.6 Å². The van der Waals surface area contributed by atoms with E-state index < -0.39 is 41.0 Å². The fourth-order valence-corrected chi connectivity index (χ4v) is 5.23. The Morgan fingerprint density at radius 1 is 1.05 bits per heavy atom. The Hall–Kier alpha value is -2.83. The van der Waals surface area contributed by atoms with Crippen molar-refractivity contribution in [2.75, 3.05) is 39.8 Å². The van der Waals surface area contributed by atoms with Gasteiger partial charge in [0.2, 0.25) is 11.8 Å². The van der Waals surface area contributed by atoms with Gasteiger partial charge in [-0.15, -0.1) is 0 Å². The van der Waals surface area contributed by atoms with Gasteiger partial charge in [0.15, 0.2) is 0 Å². The van der Waals surface area contributed by atoms with Crippen LogP contribution in [-0.2, 0) is 21.9 Å². The Labute approximate surface area is 224 Å². The number of rotatable bonds is 9. The van der Waals surface area contributed by atoms with Crippen molar-refractivity contribution >= 4 is 17.6 Å². The van der Waals surface area contributed by atoms with Gasteiger partial charge in [0, 0.05) is 25.2 Å². The van der Waals surface area contributed by atoms with Gasteiger partial charge in [-0.05, 0) is 51.6 Å². The number of fused-ring (bicyclic) bond motifs is 1. The summed E-state index contributed by atoms with van der Waals surface area (Å²) in [4.78, 5) is 33.9. The van der Waals surface area contributed by atoms with E-state index in [1.54, 1.807) is 11.8 Å². The zero-order chi connectivity index (χ0) is 29.0. The molecule has 2 aliphatic heterocycles. The topological polar surface area (TPSA) is 77.0 Å². The first-order chi connectivity index (χ1) is 18.2. The summed E-state index contributed by atoms with van der Waals surface area (Å²) in [6, 6.07) is 0.697. The summed E-state index contributed by atoms with van der Waals surface area (Å²) in [6.45, 7) is 5.38. The van der Waals surface area contributed by atoms with Crippen LogP contribution in [0.5, 0.6) is 0 Å². The number of carbonyl (C=O) groups is 2. The molecule has 2 aliphatic rings. The second-order valence-corrected chi connectivity index (χ2v) is 10.2. The van der Waals surface area contributed by atoms with E-state index in [2.05, 4.69) is 15.6 Å². The van der Waals surface area contributed by atoms with Crippen LogP contribution >= 0.6 is 0 Å². The number of nitrogens with zero attached hydrogens (tertiary/aromatic N) is 3. The molecule has 1 fully saturated rings. The zero-order valence-electron chi connectivity index (χ0n) is 22.3. The van der Waals surface area contributed by atoms with Crippen molar-refractivity contribution in [1.82, 2.24) is 20.4 Å². The molecule has 2 atom stereocenters. The first-order valence-electron chi connectivity index (χ1n) is 13.1. The summed E-state index contributed by atoms with van der Waals surface area (Å²) in [7, 11) is 1.84. The van der Waals surface area contributed by atoms with Crippen molar-refractivity contribution < 1.29 is 35.9 Å². The molecular weight excluding hydrogens is 528 g/mol. The van der Waals surface area contributed by atoms with E-state index in [-0.39, 0.29) is 36.3 Å². The predicted molar refractivity (Wildman–Crippen MR) is 134 cm³/mol. The first-order valence-corrected chi connectivity index (χ1v) is 13.1. The Morgan fingerprint density at radius 2 is 1.69 bits per heavy atom. The van der Waals surface area contributed by atoms with Gasteiger partial charge in [-0.25, -0.2) is 0 Å². The molecule has 0 bridgehead atoms. The summed E-state index contributed by atoms with van der Waals surface area (Å²) < 4.78 is 81.2. The number of amides is 2. The lowest BCUT2D eigenvalue weighted by atomic mass is 9.92. The second-order valence-electron chi connectivity index (χ2n) is 10.2. The van der Waals surface area contributed by atoms with Crippen molar-refractivity contribution in [2.45, 2.75) is 69.9 Å². The maximum Gasteiger partial charge on any atom is 0.416 e. The molecule has 39 heavy (non-hydrogen) atoms. The normalized spacial score (nSPS) is 21.2. The fraction of sp³-hybridized carbons (Fsp3) is 0.654. The Balaban J connectivity index is 1.95. The van der Waals surface area contributed by atoms with Gasteiger partial charge in [0.1, 0.15) is 11.9 Å². The highest BCUT2D eigenvalue weighted by Gasteiger charge is 2.47. The smallest absolute Gasteiger partial charge is 0.355 e. The van der Waals surface area contributed by atoms with E-state index in [1.165, 1.54) is 0 Å². The predicted octanol–water partition coefficient (Wildman–Crippen LogP) is 4.06. The molecule has 3 rings (SSSR count). The number of nitrogens with one attached hydrogen (secondary N) is 2. The van der Waals surface area contributed by atoms with Crippen LogP contribution in [0.25, 0.3) is 0 Å². The number of halogens is 6. The summed E-state index contributed by atoms with van der Waals surface area (Å²) in [5, 5.41) is 5.50. The molecule has 1 saturated heterocycles. The Morgan fingerprint density at radius 3 is 2.26 bits per heavy atom. The minimum absolute atomic E-state index is 0.000888. The molecule has 1 unspecified atom stereocenters. The van der Waals surface area contributed by atoms with Crippen LogP contribution < -0.4 is 10.6 Å². The molecule has 1 aromatic carbocycles. The third-order valence-corrected chi connectivity index (χ3v) is 7.02. The zero-order valence-corrected chi connectivity index (χ0v) is 22.3. The molecule has 0 radical (unpaired) electrons. The standard InChI is InChI=1S/C26H35F6N5O2/c1-4-6-8-20(23(39)33-5-2)35-21(38)14-24-15-34-22(37(24)10-7-9-36(3)16-24)17-11-18(25(27,28)29)13-19(12-17)26(30,31)32/h11-13,20H,4-10,14-16H2,1-3H3,(H,33,39)(H,35,38)/t20-,24?/m0/s1.